The number of fused-ring (bicyclic) bond motifs is 1. The summed E-state index contributed by atoms with van der Waals surface area (Å²) in [6.07, 6.45) is 0.988. The molecule has 1 N–H and O–H groups in total. The molecule has 0 saturated carbocycles. The average molecular weight is 481 g/mol. The monoisotopic (exact) mass is 480 g/mol. The number of hydrogen-bond acceptors (Lipinski definition) is 6. The van der Waals surface area contributed by atoms with Crippen molar-refractivity contribution in [3.05, 3.63) is 76.7 Å². The summed E-state index contributed by atoms with van der Waals surface area (Å²) >= 11 is 1.36. The second-order valence-electron chi connectivity index (χ2n) is 8.77. The number of nitrogens with one attached hydrogen (secondary N) is 1. The smallest absolute Gasteiger partial charge is 0.227 e. The van der Waals surface area contributed by atoms with Crippen LogP contribution in [-0.4, -0.2) is 27.2 Å². The fourth-order valence-corrected chi connectivity index (χ4v) is 4.69. The Kier molecular flexibility index (Phi) is 7.36. The number of ketones is 1. The van der Waals surface area contributed by atoms with Crippen molar-refractivity contribution in [2.75, 3.05) is 11.9 Å². The van der Waals surface area contributed by atoms with E-state index in [1.807, 2.05) is 37.3 Å². The van der Waals surface area contributed by atoms with Crippen LogP contribution in [-0.2, 0) is 10.5 Å². The molecule has 3 aromatic rings. The van der Waals surface area contributed by atoms with Crippen LogP contribution in [0.3, 0.4) is 0 Å². The van der Waals surface area contributed by atoms with Crippen LogP contribution in [0.1, 0.15) is 51.3 Å². The Bertz CT molecular complexity index is 1200. The van der Waals surface area contributed by atoms with Crippen molar-refractivity contribution in [1.82, 2.24) is 14.8 Å². The maximum Gasteiger partial charge on any atom is 0.227 e. The molecule has 1 aromatic heterocycles. The summed E-state index contributed by atoms with van der Waals surface area (Å²) in [5.41, 5.74) is 2.90. The van der Waals surface area contributed by atoms with Crippen molar-refractivity contribution >= 4 is 23.5 Å². The van der Waals surface area contributed by atoms with Crippen LogP contribution >= 0.6 is 11.8 Å². The lowest BCUT2D eigenvalue weighted by atomic mass is 9.93. The summed E-state index contributed by atoms with van der Waals surface area (Å²) in [5, 5.41) is 8.40. The van der Waals surface area contributed by atoms with Crippen LogP contribution in [0.2, 0.25) is 0 Å². The van der Waals surface area contributed by atoms with Gasteiger partial charge in [0, 0.05) is 17.0 Å². The van der Waals surface area contributed by atoms with E-state index in [4.69, 9.17) is 4.74 Å². The van der Waals surface area contributed by atoms with Gasteiger partial charge in [-0.3, -0.25) is 4.79 Å². The van der Waals surface area contributed by atoms with Gasteiger partial charge in [0.1, 0.15) is 17.6 Å². The summed E-state index contributed by atoms with van der Waals surface area (Å²) in [6.45, 7) is 8.43. The summed E-state index contributed by atoms with van der Waals surface area (Å²) in [4.78, 5) is 17.2. The van der Waals surface area contributed by atoms with Crippen LogP contribution in [0.4, 0.5) is 10.3 Å². The van der Waals surface area contributed by atoms with Gasteiger partial charge >= 0.3 is 0 Å². The zero-order valence-corrected chi connectivity index (χ0v) is 20.7. The average Bonchev–Trinajstić information content (AvgIpc) is 3.20. The number of ether oxygens (including phenoxy) is 1. The molecule has 1 atom stereocenters. The van der Waals surface area contributed by atoms with E-state index >= 15 is 0 Å². The second-order valence-corrected chi connectivity index (χ2v) is 9.71. The van der Waals surface area contributed by atoms with Gasteiger partial charge < -0.3 is 10.1 Å². The van der Waals surface area contributed by atoms with Crippen molar-refractivity contribution in [3.8, 4) is 5.75 Å². The molecule has 0 radical (unpaired) electrons. The Morgan fingerprint density at radius 1 is 1.21 bits per heavy atom. The van der Waals surface area contributed by atoms with E-state index in [0.29, 0.717) is 40.5 Å². The zero-order chi connectivity index (χ0) is 24.2. The summed E-state index contributed by atoms with van der Waals surface area (Å²) < 4.78 is 21.6. The second kappa shape index (κ2) is 10.4. The molecule has 0 amide bonds. The molecule has 8 heteroatoms. The minimum atomic E-state index is -0.409. The quantitative estimate of drug-likeness (QED) is 0.378. The van der Waals surface area contributed by atoms with Crippen LogP contribution in [0.5, 0.6) is 5.75 Å². The molecular weight excluding hydrogens is 451 g/mol. The molecule has 2 heterocycles. The molecule has 0 bridgehead atoms. The highest BCUT2D eigenvalue weighted by atomic mass is 32.2. The maximum absolute atomic E-state index is 14.0. The molecule has 34 heavy (non-hydrogen) atoms. The number of anilines is 1. The molecule has 0 aliphatic carbocycles. The van der Waals surface area contributed by atoms with Crippen LogP contribution in [0.15, 0.2) is 65.0 Å². The lowest BCUT2D eigenvalue weighted by Crippen LogP contribution is -2.27. The van der Waals surface area contributed by atoms with E-state index in [0.717, 1.165) is 23.4 Å². The first-order valence-corrected chi connectivity index (χ1v) is 12.4. The van der Waals surface area contributed by atoms with Gasteiger partial charge in [-0.05, 0) is 55.5 Å². The molecule has 1 unspecified atom stereocenters. The van der Waals surface area contributed by atoms with Crippen LogP contribution in [0.25, 0.3) is 0 Å². The van der Waals surface area contributed by atoms with Gasteiger partial charge in [-0.15, -0.1) is 5.10 Å². The highest BCUT2D eigenvalue weighted by Gasteiger charge is 2.32. The van der Waals surface area contributed by atoms with E-state index in [2.05, 4.69) is 29.2 Å². The van der Waals surface area contributed by atoms with Crippen molar-refractivity contribution < 1.29 is 13.9 Å². The normalized spacial score (nSPS) is 15.3. The Balaban J connectivity index is 1.60. The number of hydrogen-bond donors (Lipinski definition) is 1. The molecule has 0 spiro atoms. The molecule has 0 saturated heterocycles. The fourth-order valence-electron chi connectivity index (χ4n) is 3.87. The third-order valence-corrected chi connectivity index (χ3v) is 6.57. The third kappa shape index (κ3) is 5.33. The first kappa shape index (κ1) is 24.0. The molecule has 178 valence electrons. The molecule has 0 fully saturated rings. The van der Waals surface area contributed by atoms with E-state index in [1.165, 1.54) is 17.8 Å². The number of aromatic nitrogens is 3. The number of nitrogens with zero attached hydrogens (tertiary/aromatic N) is 3. The van der Waals surface area contributed by atoms with Gasteiger partial charge in [0.2, 0.25) is 11.1 Å². The maximum atomic E-state index is 14.0. The number of Topliss-reactive ketones (excluding diaryl/α,β-unsaturated/α-hetero) is 1. The van der Waals surface area contributed by atoms with Crippen molar-refractivity contribution in [2.45, 2.75) is 51.1 Å². The molecule has 2 aromatic carbocycles. The zero-order valence-electron chi connectivity index (χ0n) is 19.8. The van der Waals surface area contributed by atoms with Crippen molar-refractivity contribution in [3.63, 3.8) is 0 Å². The first-order valence-electron chi connectivity index (χ1n) is 11.4. The molecule has 4 rings (SSSR count). The minimum absolute atomic E-state index is 0.0334. The number of rotatable bonds is 9. The van der Waals surface area contributed by atoms with E-state index in [1.54, 1.807) is 23.7 Å². The van der Waals surface area contributed by atoms with Gasteiger partial charge in [0.15, 0.2) is 5.78 Å². The van der Waals surface area contributed by atoms with Crippen LogP contribution in [0, 0.1) is 11.7 Å². The predicted octanol–water partition coefficient (Wildman–Crippen LogP) is 6.01. The summed E-state index contributed by atoms with van der Waals surface area (Å²) in [6, 6.07) is 14.1. The summed E-state index contributed by atoms with van der Waals surface area (Å²) in [5.74, 6) is 2.06. The van der Waals surface area contributed by atoms with E-state index in [-0.39, 0.29) is 11.6 Å². The summed E-state index contributed by atoms with van der Waals surface area (Å²) in [7, 11) is 0. The van der Waals surface area contributed by atoms with E-state index < -0.39 is 6.04 Å². The number of halogens is 1. The largest absolute Gasteiger partial charge is 0.494 e. The minimum Gasteiger partial charge on any atom is -0.494 e. The molecule has 1 aliphatic heterocycles. The number of thioether (sulfide) groups is 1. The first-order chi connectivity index (χ1) is 16.3. The van der Waals surface area contributed by atoms with Gasteiger partial charge in [-0.1, -0.05) is 55.9 Å². The topological polar surface area (TPSA) is 69.0 Å². The lowest BCUT2D eigenvalue weighted by molar-refractivity contribution is -0.114. The fraction of sp³-hybridized carbons (Fsp3) is 0.346. The van der Waals surface area contributed by atoms with Gasteiger partial charge in [0.25, 0.3) is 0 Å². The number of carbonyl (C=O) groups excluding carboxylic acids is 1. The third-order valence-electron chi connectivity index (χ3n) is 5.69. The number of carbonyl (C=O) groups is 1. The van der Waals surface area contributed by atoms with Gasteiger partial charge in [-0.2, -0.15) is 4.98 Å². The highest BCUT2D eigenvalue weighted by molar-refractivity contribution is 7.98. The Morgan fingerprint density at radius 2 is 1.94 bits per heavy atom. The molecular formula is C26H29FN4O2S. The van der Waals surface area contributed by atoms with E-state index in [9.17, 15) is 9.18 Å². The highest BCUT2D eigenvalue weighted by Crippen LogP contribution is 2.37. The Hall–Kier alpha value is -3.13. The standard InChI is InChI=1S/C26H29FN4O2S/c1-16(2)13-14-33-21-11-9-19(10-12-21)24-23(18(4)32)17(3)28-25-29-26(30-31(24)25)34-15-20-7-5-6-8-22(20)27/h5-12,16,24H,13-15H2,1-4H3,(H,28,29,30). The predicted molar refractivity (Wildman–Crippen MR) is 133 cm³/mol. The SMILES string of the molecule is CC(=O)C1=C(C)Nc2nc(SCc3ccccc3F)nn2C1c1ccc(OCCC(C)C)cc1. The lowest BCUT2D eigenvalue weighted by Gasteiger charge is -2.28. The van der Waals surface area contributed by atoms with Crippen LogP contribution < -0.4 is 10.1 Å². The van der Waals surface area contributed by atoms with Gasteiger partial charge in [-0.25, -0.2) is 9.07 Å². The molecule has 6 nitrogen and oxygen atoms in total. The Labute approximate surface area is 203 Å². The van der Waals surface area contributed by atoms with Gasteiger partial charge in [0.05, 0.1) is 6.61 Å². The van der Waals surface area contributed by atoms with Crippen molar-refractivity contribution in [2.24, 2.45) is 5.92 Å². The molecule has 1 aliphatic rings. The Morgan fingerprint density at radius 3 is 2.62 bits per heavy atom. The number of benzene rings is 2. The number of allylic oxidation sites excluding steroid dienone is 2. The van der Waals surface area contributed by atoms with Crippen molar-refractivity contribution in [1.29, 1.82) is 0 Å².